The number of rotatable bonds is 3. The number of nitrogens with one attached hydrogen (secondary N) is 1. The second-order valence-corrected chi connectivity index (χ2v) is 3.76. The maximum atomic E-state index is 10.8. The Kier molecular flexibility index (Phi) is 2.94. The monoisotopic (exact) mass is 248 g/mol. The topological polar surface area (TPSA) is 112 Å². The molecule has 8 heteroatoms. The number of aryl methyl sites for hydroxylation is 2. The molecule has 18 heavy (non-hydrogen) atoms. The van der Waals surface area contributed by atoms with Gasteiger partial charge in [-0.05, 0) is 19.9 Å². The first-order chi connectivity index (χ1) is 8.51. The number of hydrogen-bond acceptors (Lipinski definition) is 6. The Hall–Kier alpha value is -2.48. The highest BCUT2D eigenvalue weighted by Gasteiger charge is 2.13. The molecule has 2 rings (SSSR count). The van der Waals surface area contributed by atoms with Crippen LogP contribution < -0.4 is 11.3 Å². The lowest BCUT2D eigenvalue weighted by Crippen LogP contribution is -2.09. The zero-order chi connectivity index (χ0) is 13.3. The number of nitrogen functional groups attached to an aromatic ring is 1. The first kappa shape index (κ1) is 12.0. The summed E-state index contributed by atoms with van der Waals surface area (Å²) in [6.07, 6.45) is 0. The fourth-order valence-electron chi connectivity index (χ4n) is 1.67. The summed E-state index contributed by atoms with van der Waals surface area (Å²) < 4.78 is 1.53. The van der Waals surface area contributed by atoms with Crippen LogP contribution in [0.5, 0.6) is 0 Å². The van der Waals surface area contributed by atoms with E-state index in [0.717, 1.165) is 0 Å². The number of hydrogen-bond donors (Lipinski definition) is 2. The van der Waals surface area contributed by atoms with E-state index in [1.807, 2.05) is 0 Å². The lowest BCUT2D eigenvalue weighted by molar-refractivity contribution is -0.384. The Morgan fingerprint density at radius 3 is 2.61 bits per heavy atom. The zero-order valence-corrected chi connectivity index (χ0v) is 9.91. The molecule has 3 N–H and O–H groups in total. The normalized spacial score (nSPS) is 10.4. The predicted octanol–water partition coefficient (Wildman–Crippen LogP) is 1.08. The van der Waals surface area contributed by atoms with E-state index in [0.29, 0.717) is 23.0 Å². The standard InChI is InChI=1S/C10H12N6O2/c1-6-12-7(2)15(14-6)9-3-8(13-11)4-10(5-9)16(17)18/h3-5,13H,11H2,1-2H3. The Labute approximate surface area is 103 Å². The fraction of sp³-hybridized carbons (Fsp3) is 0.200. The molecule has 0 radical (unpaired) electrons. The van der Waals surface area contributed by atoms with Crippen LogP contribution in [0.2, 0.25) is 0 Å². The Morgan fingerprint density at radius 2 is 2.11 bits per heavy atom. The molecule has 0 aliphatic carbocycles. The van der Waals surface area contributed by atoms with Gasteiger partial charge in [0.25, 0.3) is 5.69 Å². The number of aromatic nitrogens is 3. The van der Waals surface area contributed by atoms with Gasteiger partial charge in [-0.2, -0.15) is 5.10 Å². The van der Waals surface area contributed by atoms with Crippen molar-refractivity contribution in [3.63, 3.8) is 0 Å². The molecule has 1 aromatic heterocycles. The maximum absolute atomic E-state index is 10.8. The number of nitro benzene ring substituents is 1. The number of hydrazine groups is 1. The van der Waals surface area contributed by atoms with Gasteiger partial charge in [0, 0.05) is 12.1 Å². The van der Waals surface area contributed by atoms with Crippen molar-refractivity contribution in [2.24, 2.45) is 5.84 Å². The van der Waals surface area contributed by atoms with Crippen molar-refractivity contribution in [2.75, 3.05) is 5.43 Å². The Bertz CT molecular complexity index is 606. The lowest BCUT2D eigenvalue weighted by atomic mass is 10.2. The van der Waals surface area contributed by atoms with Crippen LogP contribution in [-0.4, -0.2) is 19.7 Å². The quantitative estimate of drug-likeness (QED) is 0.477. The summed E-state index contributed by atoms with van der Waals surface area (Å²) >= 11 is 0. The van der Waals surface area contributed by atoms with E-state index in [1.165, 1.54) is 16.8 Å². The van der Waals surface area contributed by atoms with E-state index in [4.69, 9.17) is 5.84 Å². The zero-order valence-electron chi connectivity index (χ0n) is 9.91. The number of non-ortho nitro benzene ring substituents is 1. The third-order valence-electron chi connectivity index (χ3n) is 2.40. The van der Waals surface area contributed by atoms with Gasteiger partial charge in [-0.15, -0.1) is 0 Å². The van der Waals surface area contributed by atoms with Gasteiger partial charge < -0.3 is 5.43 Å². The van der Waals surface area contributed by atoms with Gasteiger partial charge >= 0.3 is 0 Å². The summed E-state index contributed by atoms with van der Waals surface area (Å²) in [4.78, 5) is 14.5. The van der Waals surface area contributed by atoms with E-state index in [1.54, 1.807) is 19.9 Å². The fourth-order valence-corrected chi connectivity index (χ4v) is 1.67. The molecule has 1 aromatic carbocycles. The van der Waals surface area contributed by atoms with Crippen LogP contribution >= 0.6 is 0 Å². The minimum atomic E-state index is -0.483. The minimum Gasteiger partial charge on any atom is -0.324 e. The number of nitrogens with zero attached hydrogens (tertiary/aromatic N) is 4. The molecule has 0 atom stereocenters. The van der Waals surface area contributed by atoms with E-state index >= 15 is 0 Å². The Morgan fingerprint density at radius 1 is 1.39 bits per heavy atom. The molecule has 94 valence electrons. The van der Waals surface area contributed by atoms with Crippen molar-refractivity contribution in [2.45, 2.75) is 13.8 Å². The molecule has 0 aliphatic rings. The molecule has 0 saturated carbocycles. The first-order valence-electron chi connectivity index (χ1n) is 5.18. The van der Waals surface area contributed by atoms with E-state index in [2.05, 4.69) is 15.5 Å². The summed E-state index contributed by atoms with van der Waals surface area (Å²) in [6, 6.07) is 4.43. The van der Waals surface area contributed by atoms with Crippen LogP contribution in [0.4, 0.5) is 11.4 Å². The number of anilines is 1. The number of benzene rings is 1. The summed E-state index contributed by atoms with van der Waals surface area (Å²) in [7, 11) is 0. The summed E-state index contributed by atoms with van der Waals surface area (Å²) in [5.41, 5.74) is 3.30. The van der Waals surface area contributed by atoms with Crippen LogP contribution in [-0.2, 0) is 0 Å². The van der Waals surface area contributed by atoms with Crippen LogP contribution in [0.25, 0.3) is 5.69 Å². The van der Waals surface area contributed by atoms with E-state index in [9.17, 15) is 10.1 Å². The number of nitro groups is 1. The van der Waals surface area contributed by atoms with Crippen LogP contribution in [0.15, 0.2) is 18.2 Å². The van der Waals surface area contributed by atoms with Gasteiger partial charge in [0.1, 0.15) is 11.6 Å². The molecule has 0 amide bonds. The van der Waals surface area contributed by atoms with E-state index in [-0.39, 0.29) is 5.69 Å². The second-order valence-electron chi connectivity index (χ2n) is 3.76. The lowest BCUT2D eigenvalue weighted by Gasteiger charge is -2.06. The van der Waals surface area contributed by atoms with Crippen LogP contribution in [0, 0.1) is 24.0 Å². The SMILES string of the molecule is Cc1nc(C)n(-c2cc(NN)cc([N+](=O)[O-])c2)n1. The highest BCUT2D eigenvalue weighted by molar-refractivity contribution is 5.58. The first-order valence-corrected chi connectivity index (χ1v) is 5.18. The van der Waals surface area contributed by atoms with E-state index < -0.39 is 4.92 Å². The average molecular weight is 248 g/mol. The summed E-state index contributed by atoms with van der Waals surface area (Å²) in [5, 5.41) is 15.0. The molecule has 0 spiro atoms. The van der Waals surface area contributed by atoms with Crippen molar-refractivity contribution in [3.8, 4) is 5.69 Å². The molecular formula is C10H12N6O2. The molecule has 8 nitrogen and oxygen atoms in total. The second kappa shape index (κ2) is 4.41. The highest BCUT2D eigenvalue weighted by Crippen LogP contribution is 2.23. The van der Waals surface area contributed by atoms with Gasteiger partial charge in [-0.1, -0.05) is 0 Å². The Balaban J connectivity index is 2.60. The van der Waals surface area contributed by atoms with Crippen molar-refractivity contribution in [1.82, 2.24) is 14.8 Å². The summed E-state index contributed by atoms with van der Waals surface area (Å²) in [5.74, 6) is 6.54. The molecule has 0 unspecified atom stereocenters. The summed E-state index contributed by atoms with van der Waals surface area (Å²) in [6.45, 7) is 3.53. The highest BCUT2D eigenvalue weighted by atomic mass is 16.6. The third-order valence-corrected chi connectivity index (χ3v) is 2.40. The average Bonchev–Trinajstić information content (AvgIpc) is 2.67. The van der Waals surface area contributed by atoms with Crippen molar-refractivity contribution in [1.29, 1.82) is 0 Å². The minimum absolute atomic E-state index is 0.0620. The van der Waals surface area contributed by atoms with Gasteiger partial charge in [-0.25, -0.2) is 9.67 Å². The van der Waals surface area contributed by atoms with Crippen molar-refractivity contribution < 1.29 is 4.92 Å². The molecule has 0 saturated heterocycles. The van der Waals surface area contributed by atoms with Crippen molar-refractivity contribution >= 4 is 11.4 Å². The van der Waals surface area contributed by atoms with Crippen molar-refractivity contribution in [3.05, 3.63) is 40.0 Å². The molecular weight excluding hydrogens is 236 g/mol. The van der Waals surface area contributed by atoms with Gasteiger partial charge in [-0.3, -0.25) is 16.0 Å². The number of nitrogens with two attached hydrogens (primary N) is 1. The molecule has 2 aromatic rings. The van der Waals surface area contributed by atoms with Crippen LogP contribution in [0.3, 0.4) is 0 Å². The van der Waals surface area contributed by atoms with Gasteiger partial charge in [0.05, 0.1) is 16.3 Å². The largest absolute Gasteiger partial charge is 0.324 e. The maximum Gasteiger partial charge on any atom is 0.273 e. The smallest absolute Gasteiger partial charge is 0.273 e. The van der Waals surface area contributed by atoms with Crippen LogP contribution in [0.1, 0.15) is 11.6 Å². The predicted molar refractivity (Wildman–Crippen MR) is 65.3 cm³/mol. The molecule has 1 heterocycles. The van der Waals surface area contributed by atoms with Gasteiger partial charge in [0.2, 0.25) is 0 Å². The molecule has 0 bridgehead atoms. The third kappa shape index (κ3) is 2.13. The molecule has 0 fully saturated rings. The van der Waals surface area contributed by atoms with Gasteiger partial charge in [0.15, 0.2) is 0 Å². The molecule has 0 aliphatic heterocycles.